The molecule has 2 aromatic rings. The van der Waals surface area contributed by atoms with Crippen LogP contribution in [0.5, 0.6) is 0 Å². The molecule has 4 heteroatoms. The van der Waals surface area contributed by atoms with Crippen molar-refractivity contribution < 1.29 is 0 Å². The molecule has 0 saturated heterocycles. The fraction of sp³-hybridized carbons (Fsp3) is 0.375. The van der Waals surface area contributed by atoms with Crippen molar-refractivity contribution in [3.05, 3.63) is 55.7 Å². The van der Waals surface area contributed by atoms with Gasteiger partial charge in [-0.2, -0.15) is 0 Å². The highest BCUT2D eigenvalue weighted by Gasteiger charge is 2.24. The zero-order chi connectivity index (χ0) is 14.1. The van der Waals surface area contributed by atoms with E-state index in [-0.39, 0.29) is 0 Å². The van der Waals surface area contributed by atoms with Crippen LogP contribution in [0, 0.1) is 0 Å². The molecule has 2 atom stereocenters. The van der Waals surface area contributed by atoms with Gasteiger partial charge < -0.3 is 5.32 Å². The van der Waals surface area contributed by atoms with E-state index in [9.17, 15) is 0 Å². The van der Waals surface area contributed by atoms with Crippen LogP contribution < -0.4 is 5.32 Å². The Kier molecular flexibility index (Phi) is 4.37. The Morgan fingerprint density at radius 2 is 2.00 bits per heavy atom. The Balaban J connectivity index is 1.76. The molecular weight excluding hydrogens is 309 g/mol. The minimum Gasteiger partial charge on any atom is -0.303 e. The van der Waals surface area contributed by atoms with Gasteiger partial charge in [-0.25, -0.2) is 0 Å². The standard InChI is InChI=1S/C16H17Cl2NS/c1-10(11-5-7-12(17)8-6-11)19-14-3-2-4-15-13(14)9-16(18)20-15/h5-10,14,19H,2-4H2,1H3. The molecule has 1 aliphatic rings. The van der Waals surface area contributed by atoms with Gasteiger partial charge in [-0.3, -0.25) is 0 Å². The highest BCUT2D eigenvalue weighted by molar-refractivity contribution is 7.16. The molecule has 1 heterocycles. The third-order valence-electron chi connectivity index (χ3n) is 3.90. The second-order valence-corrected chi connectivity index (χ2v) is 7.52. The average molecular weight is 326 g/mol. The third kappa shape index (κ3) is 3.04. The summed E-state index contributed by atoms with van der Waals surface area (Å²) in [5.41, 5.74) is 2.66. The zero-order valence-corrected chi connectivity index (χ0v) is 13.7. The molecule has 0 amide bonds. The predicted octanol–water partition coefficient (Wildman–Crippen LogP) is 5.78. The van der Waals surface area contributed by atoms with Crippen LogP contribution in [-0.4, -0.2) is 0 Å². The number of hydrogen-bond acceptors (Lipinski definition) is 2. The first-order chi connectivity index (χ1) is 9.63. The quantitative estimate of drug-likeness (QED) is 0.753. The number of nitrogens with one attached hydrogen (secondary N) is 1. The number of thiophene rings is 1. The third-order valence-corrected chi connectivity index (χ3v) is 5.50. The fourth-order valence-corrected chi connectivity index (χ4v) is 4.35. The topological polar surface area (TPSA) is 12.0 Å². The van der Waals surface area contributed by atoms with Crippen molar-refractivity contribution in [3.8, 4) is 0 Å². The van der Waals surface area contributed by atoms with Gasteiger partial charge in [-0.05, 0) is 55.5 Å². The molecular formula is C16H17Cl2NS. The Morgan fingerprint density at radius 1 is 1.25 bits per heavy atom. The summed E-state index contributed by atoms with van der Waals surface area (Å²) in [6, 6.07) is 10.9. The van der Waals surface area contributed by atoms with Crippen LogP contribution in [0.1, 0.15) is 47.9 Å². The number of rotatable bonds is 3. The minimum absolute atomic E-state index is 0.307. The molecule has 0 saturated carbocycles. The lowest BCUT2D eigenvalue weighted by Gasteiger charge is -2.27. The summed E-state index contributed by atoms with van der Waals surface area (Å²) in [5.74, 6) is 0. The molecule has 1 aromatic carbocycles. The van der Waals surface area contributed by atoms with Crippen molar-refractivity contribution in [1.82, 2.24) is 5.32 Å². The summed E-state index contributed by atoms with van der Waals surface area (Å²) in [5, 5.41) is 4.51. The second kappa shape index (κ2) is 6.07. The molecule has 1 aliphatic carbocycles. The van der Waals surface area contributed by atoms with E-state index in [0.717, 1.165) is 9.36 Å². The van der Waals surface area contributed by atoms with Crippen LogP contribution in [0.15, 0.2) is 30.3 Å². The van der Waals surface area contributed by atoms with Crippen molar-refractivity contribution in [1.29, 1.82) is 0 Å². The molecule has 20 heavy (non-hydrogen) atoms. The molecule has 1 aromatic heterocycles. The number of halogens is 2. The highest BCUT2D eigenvalue weighted by atomic mass is 35.5. The highest BCUT2D eigenvalue weighted by Crippen LogP contribution is 2.38. The first-order valence-electron chi connectivity index (χ1n) is 6.93. The van der Waals surface area contributed by atoms with Gasteiger partial charge in [0.2, 0.25) is 0 Å². The van der Waals surface area contributed by atoms with E-state index in [0.29, 0.717) is 12.1 Å². The number of hydrogen-bond donors (Lipinski definition) is 1. The lowest BCUT2D eigenvalue weighted by atomic mass is 9.93. The predicted molar refractivity (Wildman–Crippen MR) is 88.0 cm³/mol. The van der Waals surface area contributed by atoms with Crippen molar-refractivity contribution in [2.45, 2.75) is 38.3 Å². The monoisotopic (exact) mass is 325 g/mol. The molecule has 1 N–H and O–H groups in total. The molecule has 0 bridgehead atoms. The molecule has 0 fully saturated rings. The van der Waals surface area contributed by atoms with E-state index in [4.69, 9.17) is 23.2 Å². The molecule has 2 unspecified atom stereocenters. The Hall–Kier alpha value is -0.540. The van der Waals surface area contributed by atoms with E-state index in [1.165, 1.54) is 35.3 Å². The summed E-state index contributed by atoms with van der Waals surface area (Å²) < 4.78 is 0.905. The normalized spacial score (nSPS) is 19.6. The Morgan fingerprint density at radius 3 is 2.75 bits per heavy atom. The number of benzene rings is 1. The van der Waals surface area contributed by atoms with Crippen molar-refractivity contribution >= 4 is 34.5 Å². The van der Waals surface area contributed by atoms with Gasteiger partial charge in [0.1, 0.15) is 0 Å². The lowest BCUT2D eigenvalue weighted by molar-refractivity contribution is 0.418. The second-order valence-electron chi connectivity index (χ2n) is 5.31. The summed E-state index contributed by atoms with van der Waals surface area (Å²) in [7, 11) is 0. The van der Waals surface area contributed by atoms with Gasteiger partial charge in [0.15, 0.2) is 0 Å². The SMILES string of the molecule is CC(NC1CCCc2sc(Cl)cc21)c1ccc(Cl)cc1. The lowest BCUT2D eigenvalue weighted by Crippen LogP contribution is -2.27. The number of aryl methyl sites for hydroxylation is 1. The molecule has 0 aliphatic heterocycles. The molecule has 0 spiro atoms. The van der Waals surface area contributed by atoms with Gasteiger partial charge in [-0.15, -0.1) is 11.3 Å². The maximum Gasteiger partial charge on any atom is 0.0934 e. The van der Waals surface area contributed by atoms with Crippen LogP contribution in [0.2, 0.25) is 9.36 Å². The summed E-state index contributed by atoms with van der Waals surface area (Å²) in [4.78, 5) is 1.45. The van der Waals surface area contributed by atoms with Crippen molar-refractivity contribution in [2.75, 3.05) is 0 Å². The smallest absolute Gasteiger partial charge is 0.0934 e. The first-order valence-corrected chi connectivity index (χ1v) is 8.50. The fourth-order valence-electron chi connectivity index (χ4n) is 2.84. The molecule has 3 rings (SSSR count). The van der Waals surface area contributed by atoms with Gasteiger partial charge in [0.25, 0.3) is 0 Å². The summed E-state index contributed by atoms with van der Waals surface area (Å²) in [6.07, 6.45) is 3.58. The summed E-state index contributed by atoms with van der Waals surface area (Å²) in [6.45, 7) is 2.20. The van der Waals surface area contributed by atoms with Crippen LogP contribution in [0.4, 0.5) is 0 Å². The molecule has 1 nitrogen and oxygen atoms in total. The van der Waals surface area contributed by atoms with Crippen LogP contribution >= 0.6 is 34.5 Å². The van der Waals surface area contributed by atoms with Crippen LogP contribution in [0.3, 0.4) is 0 Å². The first kappa shape index (κ1) is 14.4. The summed E-state index contributed by atoms with van der Waals surface area (Å²) >= 11 is 13.8. The minimum atomic E-state index is 0.307. The maximum absolute atomic E-state index is 6.16. The van der Waals surface area contributed by atoms with E-state index in [1.54, 1.807) is 11.3 Å². The van der Waals surface area contributed by atoms with E-state index >= 15 is 0 Å². The average Bonchev–Trinajstić information content (AvgIpc) is 2.81. The largest absolute Gasteiger partial charge is 0.303 e. The maximum atomic E-state index is 6.16. The van der Waals surface area contributed by atoms with Gasteiger partial charge >= 0.3 is 0 Å². The van der Waals surface area contributed by atoms with Crippen LogP contribution in [0.25, 0.3) is 0 Å². The van der Waals surface area contributed by atoms with E-state index < -0.39 is 0 Å². The van der Waals surface area contributed by atoms with Crippen molar-refractivity contribution in [2.24, 2.45) is 0 Å². The van der Waals surface area contributed by atoms with Crippen LogP contribution in [-0.2, 0) is 6.42 Å². The van der Waals surface area contributed by atoms with E-state index in [1.807, 2.05) is 12.1 Å². The Bertz CT molecular complexity index is 591. The molecule has 106 valence electrons. The van der Waals surface area contributed by atoms with Gasteiger partial charge in [0, 0.05) is 22.0 Å². The Labute approximate surface area is 133 Å². The van der Waals surface area contributed by atoms with Gasteiger partial charge in [0.05, 0.1) is 4.34 Å². The zero-order valence-electron chi connectivity index (χ0n) is 11.3. The van der Waals surface area contributed by atoms with Crippen molar-refractivity contribution in [3.63, 3.8) is 0 Å². The van der Waals surface area contributed by atoms with E-state index in [2.05, 4.69) is 30.4 Å². The van der Waals surface area contributed by atoms with Gasteiger partial charge in [-0.1, -0.05) is 35.3 Å². The number of fused-ring (bicyclic) bond motifs is 1. The molecule has 0 radical (unpaired) electrons.